The molecule has 0 spiro atoms. The van der Waals surface area contributed by atoms with Crippen molar-refractivity contribution in [3.63, 3.8) is 0 Å². The molecule has 1 unspecified atom stereocenters. The molecule has 0 N–H and O–H groups in total. The predicted molar refractivity (Wildman–Crippen MR) is 111 cm³/mol. The van der Waals surface area contributed by atoms with Crippen molar-refractivity contribution in [2.75, 3.05) is 14.2 Å². The maximum atomic E-state index is 12.7. The van der Waals surface area contributed by atoms with Crippen LogP contribution in [0.15, 0.2) is 67.3 Å². The van der Waals surface area contributed by atoms with Gasteiger partial charge in [-0.1, -0.05) is 36.4 Å². The minimum absolute atomic E-state index is 0.331. The van der Waals surface area contributed by atoms with E-state index in [4.69, 9.17) is 14.2 Å². The van der Waals surface area contributed by atoms with Crippen molar-refractivity contribution in [3.8, 4) is 17.2 Å². The van der Waals surface area contributed by atoms with E-state index < -0.39 is 5.92 Å². The number of rotatable bonds is 7. The summed E-state index contributed by atoms with van der Waals surface area (Å²) in [6.07, 6.45) is 2.54. The van der Waals surface area contributed by atoms with Gasteiger partial charge >= 0.3 is 5.97 Å². The van der Waals surface area contributed by atoms with Gasteiger partial charge in [0, 0.05) is 0 Å². The molecule has 4 nitrogen and oxygen atoms in total. The Balaban J connectivity index is 1.81. The van der Waals surface area contributed by atoms with Crippen molar-refractivity contribution < 1.29 is 19.0 Å². The molecule has 0 aliphatic rings. The smallest absolute Gasteiger partial charge is 0.318 e. The maximum Gasteiger partial charge on any atom is 0.318 e. The molecule has 3 aromatic rings. The first-order valence-electron chi connectivity index (χ1n) is 9.13. The Bertz CT molecular complexity index is 1010. The second-order valence-corrected chi connectivity index (χ2v) is 6.59. The average Bonchev–Trinajstić information content (AvgIpc) is 2.73. The van der Waals surface area contributed by atoms with Gasteiger partial charge in [-0.15, -0.1) is 6.58 Å². The normalized spacial score (nSPS) is 11.7. The fourth-order valence-electron chi connectivity index (χ4n) is 3.06. The zero-order chi connectivity index (χ0) is 20.1. The van der Waals surface area contributed by atoms with E-state index in [1.807, 2.05) is 61.5 Å². The topological polar surface area (TPSA) is 44.8 Å². The van der Waals surface area contributed by atoms with Crippen LogP contribution in [0.25, 0.3) is 10.8 Å². The molecule has 0 saturated carbocycles. The highest BCUT2D eigenvalue weighted by atomic mass is 16.6. The Hall–Kier alpha value is -3.27. The molecule has 0 heterocycles. The van der Waals surface area contributed by atoms with Gasteiger partial charge < -0.3 is 14.2 Å². The SMILES string of the molecule is C=CCc1ccc(OC(=O)C(C)c2ccc3cc(OC)ccc3c2)c(OC)c1. The number of allylic oxidation sites excluding steroid dienone is 1. The van der Waals surface area contributed by atoms with Crippen LogP contribution in [0.3, 0.4) is 0 Å². The molecule has 144 valence electrons. The van der Waals surface area contributed by atoms with Gasteiger partial charge in [-0.3, -0.25) is 4.79 Å². The average molecular weight is 376 g/mol. The Morgan fingerprint density at radius 1 is 0.964 bits per heavy atom. The van der Waals surface area contributed by atoms with Crippen LogP contribution in [0.1, 0.15) is 24.0 Å². The molecule has 0 amide bonds. The molecule has 0 fully saturated rings. The van der Waals surface area contributed by atoms with Crippen LogP contribution in [0.2, 0.25) is 0 Å². The molecule has 1 atom stereocenters. The van der Waals surface area contributed by atoms with Gasteiger partial charge in [0.25, 0.3) is 0 Å². The molecule has 3 aromatic carbocycles. The quantitative estimate of drug-likeness (QED) is 0.319. The van der Waals surface area contributed by atoms with Gasteiger partial charge in [-0.05, 0) is 59.5 Å². The molecule has 3 rings (SSSR count). The summed E-state index contributed by atoms with van der Waals surface area (Å²) in [6, 6.07) is 17.3. The maximum absolute atomic E-state index is 12.7. The lowest BCUT2D eigenvalue weighted by Gasteiger charge is -2.15. The van der Waals surface area contributed by atoms with Crippen molar-refractivity contribution in [1.29, 1.82) is 0 Å². The van der Waals surface area contributed by atoms with Crippen LogP contribution < -0.4 is 14.2 Å². The highest BCUT2D eigenvalue weighted by molar-refractivity contribution is 5.87. The summed E-state index contributed by atoms with van der Waals surface area (Å²) < 4.78 is 16.3. The molecule has 0 bridgehead atoms. The second kappa shape index (κ2) is 8.61. The molecule has 0 aliphatic heterocycles. The number of benzene rings is 3. The summed E-state index contributed by atoms with van der Waals surface area (Å²) in [5, 5.41) is 2.10. The molecule has 0 radical (unpaired) electrons. The minimum Gasteiger partial charge on any atom is -0.497 e. The lowest BCUT2D eigenvalue weighted by atomic mass is 9.98. The number of ether oxygens (including phenoxy) is 3. The van der Waals surface area contributed by atoms with Crippen LogP contribution in [-0.2, 0) is 11.2 Å². The number of methoxy groups -OCH3 is 2. The van der Waals surface area contributed by atoms with Crippen molar-refractivity contribution in [2.24, 2.45) is 0 Å². The second-order valence-electron chi connectivity index (χ2n) is 6.59. The number of carbonyl (C=O) groups is 1. The molecule has 0 saturated heterocycles. The van der Waals surface area contributed by atoms with E-state index in [9.17, 15) is 4.79 Å². The van der Waals surface area contributed by atoms with Crippen LogP contribution >= 0.6 is 0 Å². The standard InChI is InChI=1S/C24H24O4/c1-5-6-17-7-12-22(23(13-17)27-4)28-24(25)16(2)18-8-9-20-15-21(26-3)11-10-19(20)14-18/h5,7-16H,1,6H2,2-4H3. The first-order valence-corrected chi connectivity index (χ1v) is 9.13. The summed E-state index contributed by atoms with van der Waals surface area (Å²) in [7, 11) is 3.21. The van der Waals surface area contributed by atoms with Crippen LogP contribution in [0.4, 0.5) is 0 Å². The number of hydrogen-bond donors (Lipinski definition) is 0. The number of fused-ring (bicyclic) bond motifs is 1. The Morgan fingerprint density at radius 2 is 1.71 bits per heavy atom. The van der Waals surface area contributed by atoms with Crippen LogP contribution in [-0.4, -0.2) is 20.2 Å². The van der Waals surface area contributed by atoms with E-state index in [-0.39, 0.29) is 5.97 Å². The van der Waals surface area contributed by atoms with E-state index in [0.29, 0.717) is 11.5 Å². The van der Waals surface area contributed by atoms with Gasteiger partial charge in [-0.2, -0.15) is 0 Å². The molecular formula is C24H24O4. The van der Waals surface area contributed by atoms with Crippen molar-refractivity contribution >= 4 is 16.7 Å². The molecule has 0 aliphatic carbocycles. The summed E-state index contributed by atoms with van der Waals surface area (Å²) in [5.74, 6) is 1.01. The monoisotopic (exact) mass is 376 g/mol. The molecule has 28 heavy (non-hydrogen) atoms. The largest absolute Gasteiger partial charge is 0.497 e. The number of carbonyl (C=O) groups excluding carboxylic acids is 1. The molecular weight excluding hydrogens is 352 g/mol. The molecule has 4 heteroatoms. The first kappa shape index (κ1) is 19.5. The highest BCUT2D eigenvalue weighted by Crippen LogP contribution is 2.31. The third-order valence-corrected chi connectivity index (χ3v) is 4.74. The van der Waals surface area contributed by atoms with Crippen molar-refractivity contribution in [1.82, 2.24) is 0 Å². The van der Waals surface area contributed by atoms with E-state index in [1.165, 1.54) is 0 Å². The van der Waals surface area contributed by atoms with Gasteiger partial charge in [0.15, 0.2) is 11.5 Å². The lowest BCUT2D eigenvalue weighted by Crippen LogP contribution is -2.16. The van der Waals surface area contributed by atoms with Gasteiger partial charge in [0.2, 0.25) is 0 Å². The number of esters is 1. The van der Waals surface area contributed by atoms with Gasteiger partial charge in [-0.25, -0.2) is 0 Å². The predicted octanol–water partition coefficient (Wildman–Crippen LogP) is 5.29. The van der Waals surface area contributed by atoms with E-state index in [1.54, 1.807) is 20.3 Å². The number of hydrogen-bond acceptors (Lipinski definition) is 4. The Labute approximate surface area is 165 Å². The third kappa shape index (κ3) is 4.17. The van der Waals surface area contributed by atoms with Gasteiger partial charge in [0.05, 0.1) is 20.1 Å². The Morgan fingerprint density at radius 3 is 2.43 bits per heavy atom. The van der Waals surface area contributed by atoms with Crippen LogP contribution in [0.5, 0.6) is 17.2 Å². The summed E-state index contributed by atoms with van der Waals surface area (Å²) in [6.45, 7) is 5.58. The van der Waals surface area contributed by atoms with Crippen molar-refractivity contribution in [3.05, 3.63) is 78.4 Å². The highest BCUT2D eigenvalue weighted by Gasteiger charge is 2.20. The third-order valence-electron chi connectivity index (χ3n) is 4.74. The fourth-order valence-corrected chi connectivity index (χ4v) is 3.06. The minimum atomic E-state index is -0.413. The van der Waals surface area contributed by atoms with Crippen LogP contribution in [0, 0.1) is 0 Å². The zero-order valence-corrected chi connectivity index (χ0v) is 16.4. The molecule has 0 aromatic heterocycles. The fraction of sp³-hybridized carbons (Fsp3) is 0.208. The van der Waals surface area contributed by atoms with E-state index >= 15 is 0 Å². The summed E-state index contributed by atoms with van der Waals surface area (Å²) in [4.78, 5) is 12.7. The van der Waals surface area contributed by atoms with Gasteiger partial charge in [0.1, 0.15) is 5.75 Å². The summed E-state index contributed by atoms with van der Waals surface area (Å²) in [5.41, 5.74) is 1.94. The van der Waals surface area contributed by atoms with E-state index in [2.05, 4.69) is 6.58 Å². The van der Waals surface area contributed by atoms with Crippen molar-refractivity contribution in [2.45, 2.75) is 19.3 Å². The van der Waals surface area contributed by atoms with E-state index in [0.717, 1.165) is 34.1 Å². The summed E-state index contributed by atoms with van der Waals surface area (Å²) >= 11 is 0. The first-order chi connectivity index (χ1) is 13.5. The lowest BCUT2D eigenvalue weighted by molar-refractivity contribution is -0.135. The Kier molecular flexibility index (Phi) is 5.99. The zero-order valence-electron chi connectivity index (χ0n) is 16.4.